The van der Waals surface area contributed by atoms with E-state index in [9.17, 15) is 39.9 Å². The zero-order valence-corrected chi connectivity index (χ0v) is 16.1. The minimum Gasteiger partial charge on any atom is -0.268 e. The molecular formula is C13H3Br2ClF8N2O. The fourth-order valence-corrected chi connectivity index (χ4v) is 3.52. The van der Waals surface area contributed by atoms with Gasteiger partial charge in [-0.05, 0) is 44.0 Å². The van der Waals surface area contributed by atoms with Crippen LogP contribution in [0.3, 0.4) is 0 Å². The molecule has 1 heterocycles. The Morgan fingerprint density at radius 1 is 1.00 bits per heavy atom. The van der Waals surface area contributed by atoms with Gasteiger partial charge in [0.05, 0.1) is 16.3 Å². The first kappa shape index (κ1) is 22.1. The Morgan fingerprint density at radius 3 is 2.00 bits per heavy atom. The highest BCUT2D eigenvalue weighted by Gasteiger charge is 2.61. The maximum absolute atomic E-state index is 13.5. The summed E-state index contributed by atoms with van der Waals surface area (Å²) < 4.78 is 101. The summed E-state index contributed by atoms with van der Waals surface area (Å²) in [6.07, 6.45) is -10.5. The molecule has 0 spiro atoms. The predicted octanol–water partition coefficient (Wildman–Crippen LogP) is 6.08. The molecule has 14 heteroatoms. The van der Waals surface area contributed by atoms with Gasteiger partial charge in [0.1, 0.15) is 16.5 Å². The van der Waals surface area contributed by atoms with E-state index in [4.69, 9.17) is 11.6 Å². The lowest BCUT2D eigenvalue weighted by Crippen LogP contribution is -2.37. The lowest BCUT2D eigenvalue weighted by Gasteiger charge is -2.20. The first-order valence-corrected chi connectivity index (χ1v) is 8.34. The van der Waals surface area contributed by atoms with E-state index in [1.54, 1.807) is 0 Å². The number of nitrogens with zero attached hydrogens (tertiary/aromatic N) is 2. The average molecular weight is 550 g/mol. The number of benzene rings is 1. The summed E-state index contributed by atoms with van der Waals surface area (Å²) in [5.41, 5.74) is -4.94. The Bertz CT molecular complexity index is 932. The third-order valence-electron chi connectivity index (χ3n) is 3.16. The van der Waals surface area contributed by atoms with Gasteiger partial charge in [-0.25, -0.2) is 4.98 Å². The Labute approximate surface area is 166 Å². The van der Waals surface area contributed by atoms with Crippen LogP contribution in [0.15, 0.2) is 32.2 Å². The van der Waals surface area contributed by atoms with Gasteiger partial charge in [-0.3, -0.25) is 9.36 Å². The highest BCUT2D eigenvalue weighted by atomic mass is 79.9. The lowest BCUT2D eigenvalue weighted by atomic mass is 10.2. The van der Waals surface area contributed by atoms with Crippen molar-refractivity contribution in [2.24, 2.45) is 0 Å². The number of alkyl halides is 8. The summed E-state index contributed by atoms with van der Waals surface area (Å²) in [7, 11) is 0. The molecule has 0 aliphatic carbocycles. The van der Waals surface area contributed by atoms with Gasteiger partial charge in [0, 0.05) is 4.47 Å². The molecule has 0 aliphatic heterocycles. The van der Waals surface area contributed by atoms with E-state index < -0.39 is 50.3 Å². The van der Waals surface area contributed by atoms with Gasteiger partial charge < -0.3 is 0 Å². The van der Waals surface area contributed by atoms with Crippen molar-refractivity contribution in [2.75, 3.05) is 0 Å². The van der Waals surface area contributed by atoms with E-state index in [1.165, 1.54) is 0 Å². The van der Waals surface area contributed by atoms with Crippen LogP contribution in [0.25, 0.3) is 5.69 Å². The van der Waals surface area contributed by atoms with Crippen molar-refractivity contribution in [3.05, 3.63) is 54.0 Å². The van der Waals surface area contributed by atoms with E-state index in [0.29, 0.717) is 23.0 Å². The molecule has 0 fully saturated rings. The van der Waals surface area contributed by atoms with E-state index in [1.807, 2.05) is 0 Å². The molecule has 1 aromatic carbocycles. The Balaban J connectivity index is 2.71. The highest BCUT2D eigenvalue weighted by Crippen LogP contribution is 2.45. The van der Waals surface area contributed by atoms with E-state index in [0.717, 1.165) is 0 Å². The third-order valence-corrected chi connectivity index (χ3v) is 4.76. The molecule has 2 aromatic rings. The van der Waals surface area contributed by atoms with E-state index in [-0.39, 0.29) is 4.47 Å². The summed E-state index contributed by atoms with van der Waals surface area (Å²) in [6.45, 7) is 0. The molecule has 148 valence electrons. The van der Waals surface area contributed by atoms with Crippen molar-refractivity contribution in [3.63, 3.8) is 0 Å². The van der Waals surface area contributed by atoms with Crippen LogP contribution in [-0.2, 0) is 12.1 Å². The molecule has 0 atom stereocenters. The molecule has 0 saturated heterocycles. The molecule has 0 unspecified atom stereocenters. The molecular weight excluding hydrogens is 547 g/mol. The molecule has 27 heavy (non-hydrogen) atoms. The molecule has 0 aliphatic rings. The van der Waals surface area contributed by atoms with Crippen LogP contribution in [0.4, 0.5) is 35.1 Å². The van der Waals surface area contributed by atoms with Gasteiger partial charge in [0.15, 0.2) is 0 Å². The van der Waals surface area contributed by atoms with Crippen LogP contribution in [0.5, 0.6) is 0 Å². The van der Waals surface area contributed by atoms with Crippen LogP contribution in [-0.4, -0.2) is 15.7 Å². The van der Waals surface area contributed by atoms with Crippen LogP contribution in [0.1, 0.15) is 11.3 Å². The SMILES string of the molecule is O=c1c(Br)c(C(F)(F)C(F)(F)F)ncn1-c1c(Cl)cc(C(F)(F)F)cc1Br. The predicted molar refractivity (Wildman–Crippen MR) is 85.2 cm³/mol. The first-order valence-electron chi connectivity index (χ1n) is 6.37. The van der Waals surface area contributed by atoms with Gasteiger partial charge >= 0.3 is 18.3 Å². The van der Waals surface area contributed by atoms with Gasteiger partial charge in [-0.1, -0.05) is 11.6 Å². The molecule has 0 radical (unpaired) electrons. The Hall–Kier alpha value is -1.21. The van der Waals surface area contributed by atoms with Crippen molar-refractivity contribution in [3.8, 4) is 5.69 Å². The standard InChI is InChI=1S/C13H3Br2ClF8N2O/c14-5-1-4(12(19,20)21)2-6(16)8(5)26-3-25-9(7(15)10(26)27)11(17,18)13(22,23)24/h1-3H. The maximum atomic E-state index is 13.5. The zero-order valence-electron chi connectivity index (χ0n) is 12.2. The summed E-state index contributed by atoms with van der Waals surface area (Å²) in [4.78, 5) is 15.2. The largest absolute Gasteiger partial charge is 0.459 e. The van der Waals surface area contributed by atoms with Crippen molar-refractivity contribution in [1.29, 1.82) is 0 Å². The Kier molecular flexibility index (Phi) is 5.72. The normalized spacial score (nSPS) is 13.1. The number of aromatic nitrogens is 2. The topological polar surface area (TPSA) is 34.9 Å². The van der Waals surface area contributed by atoms with Crippen molar-refractivity contribution in [2.45, 2.75) is 18.3 Å². The van der Waals surface area contributed by atoms with Crippen LogP contribution < -0.4 is 5.56 Å². The van der Waals surface area contributed by atoms with Gasteiger partial charge in [-0.15, -0.1) is 0 Å². The highest BCUT2D eigenvalue weighted by molar-refractivity contribution is 9.10. The molecule has 0 saturated carbocycles. The summed E-state index contributed by atoms with van der Waals surface area (Å²) in [5, 5.41) is -0.622. The van der Waals surface area contributed by atoms with Crippen LogP contribution >= 0.6 is 43.5 Å². The van der Waals surface area contributed by atoms with Crippen molar-refractivity contribution >= 4 is 43.5 Å². The smallest absolute Gasteiger partial charge is 0.268 e. The molecule has 0 bridgehead atoms. The first-order chi connectivity index (χ1) is 12.1. The minimum atomic E-state index is -6.02. The van der Waals surface area contributed by atoms with Crippen LogP contribution in [0, 0.1) is 0 Å². The second kappa shape index (κ2) is 6.99. The van der Waals surface area contributed by atoms with E-state index in [2.05, 4.69) is 36.8 Å². The molecule has 3 nitrogen and oxygen atoms in total. The Morgan fingerprint density at radius 2 is 1.56 bits per heavy atom. The number of halogens is 11. The second-order valence-corrected chi connectivity index (χ2v) is 7.00. The molecule has 2 rings (SSSR count). The lowest BCUT2D eigenvalue weighted by molar-refractivity contribution is -0.291. The molecule has 0 N–H and O–H groups in total. The number of hydrogen-bond acceptors (Lipinski definition) is 2. The van der Waals surface area contributed by atoms with Crippen molar-refractivity contribution in [1.82, 2.24) is 9.55 Å². The zero-order chi connectivity index (χ0) is 20.9. The summed E-state index contributed by atoms with van der Waals surface area (Å²) >= 11 is 10.8. The number of hydrogen-bond donors (Lipinski definition) is 0. The number of rotatable bonds is 2. The van der Waals surface area contributed by atoms with Crippen molar-refractivity contribution < 1.29 is 35.1 Å². The maximum Gasteiger partial charge on any atom is 0.459 e. The fourth-order valence-electron chi connectivity index (χ4n) is 1.90. The quantitative estimate of drug-likeness (QED) is 0.425. The average Bonchev–Trinajstić information content (AvgIpc) is 2.48. The fraction of sp³-hybridized carbons (Fsp3) is 0.231. The summed E-state index contributed by atoms with van der Waals surface area (Å²) in [6, 6.07) is 1.01. The van der Waals surface area contributed by atoms with E-state index >= 15 is 0 Å². The molecule has 1 aromatic heterocycles. The van der Waals surface area contributed by atoms with Gasteiger partial charge in [0.2, 0.25) is 0 Å². The molecule has 0 amide bonds. The summed E-state index contributed by atoms with van der Waals surface area (Å²) in [5.74, 6) is -5.44. The van der Waals surface area contributed by atoms with Crippen LogP contribution in [0.2, 0.25) is 5.02 Å². The minimum absolute atomic E-state index is 0.307. The monoisotopic (exact) mass is 548 g/mol. The van der Waals surface area contributed by atoms with Gasteiger partial charge in [0.25, 0.3) is 5.56 Å². The van der Waals surface area contributed by atoms with Gasteiger partial charge in [-0.2, -0.15) is 35.1 Å². The second-order valence-electron chi connectivity index (χ2n) is 4.94. The third kappa shape index (κ3) is 3.99.